The number of furan rings is 1. The highest BCUT2D eigenvalue weighted by molar-refractivity contribution is 6.19. The van der Waals surface area contributed by atoms with Gasteiger partial charge in [-0.3, -0.25) is 4.98 Å². The lowest BCUT2D eigenvalue weighted by molar-refractivity contribution is 0.397. The molecule has 2 radical (unpaired) electrons. The molecule has 3 nitrogen and oxygen atoms in total. The summed E-state index contributed by atoms with van der Waals surface area (Å²) < 4.78 is 6.24. The smallest absolute Gasteiger partial charge is 0.227 e. The molecule has 1 aliphatic rings. The van der Waals surface area contributed by atoms with Gasteiger partial charge in [-0.15, -0.1) is 0 Å². The highest BCUT2D eigenvalue weighted by atomic mass is 16.3. The molecule has 1 aliphatic carbocycles. The van der Waals surface area contributed by atoms with Gasteiger partial charge in [-0.1, -0.05) is 74.6 Å². The number of rotatable bonds is 2. The van der Waals surface area contributed by atoms with E-state index >= 15 is 0 Å². The van der Waals surface area contributed by atoms with E-state index in [1.54, 1.807) is 0 Å². The molecule has 0 atom stereocenters. The zero-order chi connectivity index (χ0) is 20.1. The van der Waals surface area contributed by atoms with E-state index in [2.05, 4.69) is 53.5 Å². The Labute approximate surface area is 176 Å². The number of pyridine rings is 2. The van der Waals surface area contributed by atoms with Gasteiger partial charge in [0, 0.05) is 28.7 Å². The fourth-order valence-corrected chi connectivity index (χ4v) is 4.94. The summed E-state index contributed by atoms with van der Waals surface area (Å²) in [5, 5.41) is 4.16. The first-order chi connectivity index (χ1) is 14.7. The van der Waals surface area contributed by atoms with Crippen molar-refractivity contribution in [1.29, 1.82) is 0 Å². The van der Waals surface area contributed by atoms with Crippen LogP contribution in [0.25, 0.3) is 44.1 Å². The number of aromatic nitrogens is 2. The highest BCUT2D eigenvalue weighted by Crippen LogP contribution is 2.39. The topological polar surface area (TPSA) is 38.9 Å². The van der Waals surface area contributed by atoms with Crippen molar-refractivity contribution in [2.75, 3.05) is 0 Å². The van der Waals surface area contributed by atoms with Gasteiger partial charge in [0.05, 0.1) is 18.9 Å². The van der Waals surface area contributed by atoms with Gasteiger partial charge in [-0.2, -0.15) is 0 Å². The Hall–Kier alpha value is -3.14. The summed E-state index contributed by atoms with van der Waals surface area (Å²) in [6, 6.07) is 18.7. The van der Waals surface area contributed by atoms with Crippen LogP contribution < -0.4 is 0 Å². The normalized spacial score (nSPS) is 16.4. The third-order valence-corrected chi connectivity index (χ3v) is 6.61. The zero-order valence-electron chi connectivity index (χ0n) is 16.8. The number of nitrogens with zero attached hydrogens (tertiary/aromatic N) is 2. The van der Waals surface area contributed by atoms with Gasteiger partial charge in [0.1, 0.15) is 5.58 Å². The highest BCUT2D eigenvalue weighted by Gasteiger charge is 2.28. The lowest BCUT2D eigenvalue weighted by atomic mass is 9.57. The number of fused-ring (bicyclic) bond motifs is 5. The largest absolute Gasteiger partial charge is 0.437 e. The van der Waals surface area contributed by atoms with Crippen LogP contribution in [0.3, 0.4) is 0 Å². The molecule has 3 aromatic heterocycles. The summed E-state index contributed by atoms with van der Waals surface area (Å²) in [6.45, 7) is 0. The van der Waals surface area contributed by atoms with Crippen LogP contribution in [0.2, 0.25) is 0 Å². The van der Waals surface area contributed by atoms with E-state index in [4.69, 9.17) is 17.2 Å². The minimum Gasteiger partial charge on any atom is -0.437 e. The summed E-state index contributed by atoms with van der Waals surface area (Å²) in [7, 11) is 6.70. The average molecular weight is 388 g/mol. The van der Waals surface area contributed by atoms with Crippen molar-refractivity contribution in [2.24, 2.45) is 0 Å². The van der Waals surface area contributed by atoms with Gasteiger partial charge < -0.3 is 4.42 Å². The molecule has 2 aromatic carbocycles. The third kappa shape index (κ3) is 2.67. The standard InChI is InChI=1S/C26H21BN2O/c27-26(13-4-1-5-14-26)18-11-12-22(28-16-18)20-9-6-10-21-23-19-8-3-2-7-17(19)15-29-25(23)30-24(20)21/h2-3,6-12,15-16H,1,4-5,13-14H2. The molecular weight excluding hydrogens is 367 g/mol. The first kappa shape index (κ1) is 17.7. The fraction of sp³-hybridized carbons (Fsp3) is 0.231. The summed E-state index contributed by atoms with van der Waals surface area (Å²) in [5.74, 6) is 0. The van der Waals surface area contributed by atoms with Crippen LogP contribution in [0.1, 0.15) is 37.7 Å². The molecule has 3 heterocycles. The van der Waals surface area contributed by atoms with Gasteiger partial charge >= 0.3 is 0 Å². The quantitative estimate of drug-likeness (QED) is 0.323. The Morgan fingerprint density at radius 3 is 2.47 bits per heavy atom. The Morgan fingerprint density at radius 1 is 0.800 bits per heavy atom. The molecule has 1 fully saturated rings. The van der Waals surface area contributed by atoms with Crippen LogP contribution in [0, 0.1) is 0 Å². The lowest BCUT2D eigenvalue weighted by Crippen LogP contribution is -2.29. The van der Waals surface area contributed by atoms with Crippen LogP contribution in [-0.4, -0.2) is 17.8 Å². The number of hydrogen-bond donors (Lipinski definition) is 0. The van der Waals surface area contributed by atoms with Gasteiger partial charge in [0.2, 0.25) is 5.71 Å². The Morgan fingerprint density at radius 2 is 1.63 bits per heavy atom. The molecule has 144 valence electrons. The van der Waals surface area contributed by atoms with Crippen LogP contribution >= 0.6 is 0 Å². The SMILES string of the molecule is [B]C1(c2ccc(-c3cccc4c3oc3ncc5ccccc5c34)nc2)CCCCC1. The number of hydrogen-bond acceptors (Lipinski definition) is 3. The van der Waals surface area contributed by atoms with Crippen molar-refractivity contribution >= 4 is 40.7 Å². The Bertz CT molecular complexity index is 1380. The predicted molar refractivity (Wildman–Crippen MR) is 123 cm³/mol. The lowest BCUT2D eigenvalue weighted by Gasteiger charge is -2.34. The Balaban J connectivity index is 1.50. The summed E-state index contributed by atoms with van der Waals surface area (Å²) in [4.78, 5) is 9.35. The first-order valence-electron chi connectivity index (χ1n) is 10.7. The zero-order valence-corrected chi connectivity index (χ0v) is 16.8. The van der Waals surface area contributed by atoms with Gasteiger partial charge in [-0.25, -0.2) is 4.98 Å². The van der Waals surface area contributed by atoms with E-state index in [1.165, 1.54) is 19.3 Å². The minimum atomic E-state index is -0.238. The van der Waals surface area contributed by atoms with Gasteiger partial charge in [-0.05, 0) is 28.4 Å². The van der Waals surface area contributed by atoms with E-state index in [9.17, 15) is 0 Å². The fourth-order valence-electron chi connectivity index (χ4n) is 4.94. The molecule has 4 heteroatoms. The van der Waals surface area contributed by atoms with Crippen molar-refractivity contribution in [1.82, 2.24) is 9.97 Å². The molecule has 0 saturated heterocycles. The second kappa shape index (κ2) is 6.70. The van der Waals surface area contributed by atoms with Crippen LogP contribution in [0.5, 0.6) is 0 Å². The molecule has 0 amide bonds. The van der Waals surface area contributed by atoms with Crippen molar-refractivity contribution in [3.05, 3.63) is 72.6 Å². The van der Waals surface area contributed by atoms with Crippen molar-refractivity contribution in [2.45, 2.75) is 37.4 Å². The number of benzene rings is 2. The summed E-state index contributed by atoms with van der Waals surface area (Å²) in [5.41, 5.74) is 4.51. The van der Waals surface area contributed by atoms with E-state index in [-0.39, 0.29) is 5.31 Å². The van der Waals surface area contributed by atoms with E-state index < -0.39 is 0 Å². The molecule has 0 N–H and O–H groups in total. The van der Waals surface area contributed by atoms with Gasteiger partial charge in [0.25, 0.3) is 0 Å². The number of para-hydroxylation sites is 1. The molecule has 0 aliphatic heterocycles. The molecular formula is C26H21BN2O. The maximum atomic E-state index is 6.70. The summed E-state index contributed by atoms with van der Waals surface area (Å²) in [6.07, 6.45) is 9.56. The van der Waals surface area contributed by atoms with Crippen molar-refractivity contribution < 1.29 is 4.42 Å². The van der Waals surface area contributed by atoms with Crippen molar-refractivity contribution in [3.8, 4) is 11.3 Å². The van der Waals surface area contributed by atoms with E-state index in [1.807, 2.05) is 18.5 Å². The minimum absolute atomic E-state index is 0.238. The van der Waals surface area contributed by atoms with E-state index in [0.29, 0.717) is 5.71 Å². The second-order valence-corrected chi connectivity index (χ2v) is 8.46. The monoisotopic (exact) mass is 388 g/mol. The molecule has 0 bridgehead atoms. The molecule has 5 aromatic rings. The second-order valence-electron chi connectivity index (χ2n) is 8.46. The van der Waals surface area contributed by atoms with Crippen LogP contribution in [0.4, 0.5) is 0 Å². The first-order valence-corrected chi connectivity index (χ1v) is 10.7. The van der Waals surface area contributed by atoms with Gasteiger partial charge in [0.15, 0.2) is 0 Å². The predicted octanol–water partition coefficient (Wildman–Crippen LogP) is 6.52. The van der Waals surface area contributed by atoms with Crippen molar-refractivity contribution in [3.63, 3.8) is 0 Å². The Kier molecular flexibility index (Phi) is 3.95. The maximum Gasteiger partial charge on any atom is 0.227 e. The van der Waals surface area contributed by atoms with E-state index in [0.717, 1.165) is 56.8 Å². The van der Waals surface area contributed by atoms with Crippen LogP contribution in [0.15, 0.2) is 71.4 Å². The van der Waals surface area contributed by atoms with Crippen LogP contribution in [-0.2, 0) is 5.31 Å². The molecule has 0 unspecified atom stereocenters. The molecule has 0 spiro atoms. The maximum absolute atomic E-state index is 6.70. The molecule has 1 saturated carbocycles. The molecule has 6 rings (SSSR count). The summed E-state index contributed by atoms with van der Waals surface area (Å²) >= 11 is 0. The average Bonchev–Trinajstić information content (AvgIpc) is 3.19. The molecule has 30 heavy (non-hydrogen) atoms. The third-order valence-electron chi connectivity index (χ3n) is 6.61.